The van der Waals surface area contributed by atoms with Gasteiger partial charge in [-0.2, -0.15) is 0 Å². The number of aliphatic imine (C=N–C) groups is 1. The van der Waals surface area contributed by atoms with E-state index in [1.54, 1.807) is 12.4 Å². The molecule has 0 amide bonds. The molecule has 0 aliphatic rings. The zero-order valence-electron chi connectivity index (χ0n) is 16.2. The van der Waals surface area contributed by atoms with Gasteiger partial charge in [0.15, 0.2) is 5.96 Å². The Balaban J connectivity index is 0.00000364. The SMILES string of the molecule is CCNC(=NCc1ccc(C)cc1OCC)NCCOc1cccnc1.I. The summed E-state index contributed by atoms with van der Waals surface area (Å²) >= 11 is 0. The molecule has 0 atom stereocenters. The van der Waals surface area contributed by atoms with Crippen LogP contribution in [0, 0.1) is 6.92 Å². The third kappa shape index (κ3) is 8.47. The van der Waals surface area contributed by atoms with E-state index < -0.39 is 0 Å². The minimum Gasteiger partial charge on any atom is -0.494 e. The van der Waals surface area contributed by atoms with Crippen molar-refractivity contribution >= 4 is 29.9 Å². The monoisotopic (exact) mass is 484 g/mol. The fourth-order valence-corrected chi connectivity index (χ4v) is 2.36. The summed E-state index contributed by atoms with van der Waals surface area (Å²) < 4.78 is 11.4. The second-order valence-electron chi connectivity index (χ2n) is 5.70. The van der Waals surface area contributed by atoms with Gasteiger partial charge in [-0.25, -0.2) is 4.99 Å². The van der Waals surface area contributed by atoms with Gasteiger partial charge in [0, 0.05) is 18.3 Å². The van der Waals surface area contributed by atoms with Crippen LogP contribution in [0.25, 0.3) is 0 Å². The number of rotatable bonds is 9. The highest BCUT2D eigenvalue weighted by Crippen LogP contribution is 2.21. The van der Waals surface area contributed by atoms with Crippen LogP contribution in [0.15, 0.2) is 47.7 Å². The highest BCUT2D eigenvalue weighted by molar-refractivity contribution is 14.0. The number of nitrogens with zero attached hydrogens (tertiary/aromatic N) is 2. The van der Waals surface area contributed by atoms with Crippen LogP contribution in [0.4, 0.5) is 0 Å². The van der Waals surface area contributed by atoms with Crippen LogP contribution < -0.4 is 20.1 Å². The van der Waals surface area contributed by atoms with Gasteiger partial charge in [0.1, 0.15) is 18.1 Å². The Labute approximate surface area is 178 Å². The summed E-state index contributed by atoms with van der Waals surface area (Å²) in [7, 11) is 0. The standard InChI is InChI=1S/C20H28N4O2.HI/c1-4-22-20(23-11-12-26-18-7-6-10-21-15-18)24-14-17-9-8-16(3)13-19(17)25-5-2;/h6-10,13,15H,4-5,11-12,14H2,1-3H3,(H2,22,23,24);1H. The maximum atomic E-state index is 5.72. The summed E-state index contributed by atoms with van der Waals surface area (Å²) in [6.45, 7) is 9.26. The first kappa shape index (κ1) is 23.0. The van der Waals surface area contributed by atoms with Crippen LogP contribution in [0.2, 0.25) is 0 Å². The average molecular weight is 484 g/mol. The molecule has 148 valence electrons. The van der Waals surface area contributed by atoms with E-state index in [4.69, 9.17) is 9.47 Å². The first-order chi connectivity index (χ1) is 12.7. The lowest BCUT2D eigenvalue weighted by Gasteiger charge is -2.13. The molecule has 0 aliphatic carbocycles. The van der Waals surface area contributed by atoms with Crippen LogP contribution in [-0.4, -0.2) is 37.2 Å². The molecular formula is C20H29IN4O2. The Hall–Kier alpha value is -2.03. The predicted octanol–water partition coefficient (Wildman–Crippen LogP) is 3.54. The molecule has 0 unspecified atom stereocenters. The highest BCUT2D eigenvalue weighted by Gasteiger charge is 2.04. The van der Waals surface area contributed by atoms with Crippen LogP contribution in [0.5, 0.6) is 11.5 Å². The quantitative estimate of drug-likeness (QED) is 0.247. The summed E-state index contributed by atoms with van der Waals surface area (Å²) in [5.41, 5.74) is 2.25. The predicted molar refractivity (Wildman–Crippen MR) is 120 cm³/mol. The van der Waals surface area contributed by atoms with Gasteiger partial charge in [0.2, 0.25) is 0 Å². The third-order valence-corrected chi connectivity index (χ3v) is 3.57. The van der Waals surface area contributed by atoms with Crippen LogP contribution in [-0.2, 0) is 6.54 Å². The Kier molecular flexibility index (Phi) is 11.2. The zero-order chi connectivity index (χ0) is 18.6. The molecule has 0 radical (unpaired) electrons. The maximum absolute atomic E-state index is 5.72. The van der Waals surface area contributed by atoms with Crippen molar-refractivity contribution < 1.29 is 9.47 Å². The van der Waals surface area contributed by atoms with Crippen LogP contribution in [0.3, 0.4) is 0 Å². The van der Waals surface area contributed by atoms with Crippen molar-refractivity contribution in [2.75, 3.05) is 26.3 Å². The Morgan fingerprint density at radius 1 is 1.15 bits per heavy atom. The maximum Gasteiger partial charge on any atom is 0.191 e. The van der Waals surface area contributed by atoms with E-state index in [-0.39, 0.29) is 24.0 Å². The highest BCUT2D eigenvalue weighted by atomic mass is 127. The van der Waals surface area contributed by atoms with Crippen molar-refractivity contribution in [3.05, 3.63) is 53.9 Å². The molecule has 0 fully saturated rings. The zero-order valence-corrected chi connectivity index (χ0v) is 18.5. The van der Waals surface area contributed by atoms with Crippen LogP contribution in [0.1, 0.15) is 25.0 Å². The molecule has 6 nitrogen and oxygen atoms in total. The number of aryl methyl sites for hydroxylation is 1. The van der Waals surface area contributed by atoms with E-state index in [1.165, 1.54) is 5.56 Å². The fraction of sp³-hybridized carbons (Fsp3) is 0.400. The molecular weight excluding hydrogens is 455 g/mol. The summed E-state index contributed by atoms with van der Waals surface area (Å²) in [6, 6.07) is 9.94. The smallest absolute Gasteiger partial charge is 0.191 e. The molecule has 0 aliphatic heterocycles. The normalized spacial score (nSPS) is 10.7. The van der Waals surface area contributed by atoms with Crippen molar-refractivity contribution in [3.8, 4) is 11.5 Å². The summed E-state index contributed by atoms with van der Waals surface area (Å²) in [5, 5.41) is 6.52. The molecule has 0 saturated carbocycles. The first-order valence-corrected chi connectivity index (χ1v) is 9.00. The molecule has 7 heteroatoms. The number of aromatic nitrogens is 1. The molecule has 0 saturated heterocycles. The number of benzene rings is 1. The molecule has 2 aromatic rings. The number of hydrogen-bond donors (Lipinski definition) is 2. The minimum absolute atomic E-state index is 0. The van der Waals surface area contributed by atoms with E-state index in [1.807, 2.05) is 26.0 Å². The number of guanidine groups is 1. The van der Waals surface area contributed by atoms with Crippen molar-refractivity contribution in [2.24, 2.45) is 4.99 Å². The molecule has 1 aromatic heterocycles. The molecule has 1 aromatic carbocycles. The second kappa shape index (κ2) is 13.2. The molecule has 0 spiro atoms. The molecule has 27 heavy (non-hydrogen) atoms. The molecule has 2 rings (SSSR count). The number of hydrogen-bond acceptors (Lipinski definition) is 4. The Morgan fingerprint density at radius 2 is 2.00 bits per heavy atom. The molecule has 0 bridgehead atoms. The lowest BCUT2D eigenvalue weighted by atomic mass is 10.1. The van der Waals surface area contributed by atoms with E-state index in [2.05, 4.69) is 45.7 Å². The number of ether oxygens (including phenoxy) is 2. The molecule has 1 heterocycles. The fourth-order valence-electron chi connectivity index (χ4n) is 2.36. The van der Waals surface area contributed by atoms with Crippen molar-refractivity contribution in [1.29, 1.82) is 0 Å². The summed E-state index contributed by atoms with van der Waals surface area (Å²) in [5.74, 6) is 2.41. The topological polar surface area (TPSA) is 67.8 Å². The van der Waals surface area contributed by atoms with Crippen molar-refractivity contribution in [3.63, 3.8) is 0 Å². The van der Waals surface area contributed by atoms with Gasteiger partial charge < -0.3 is 20.1 Å². The summed E-state index contributed by atoms with van der Waals surface area (Å²) in [4.78, 5) is 8.67. The number of nitrogens with one attached hydrogen (secondary N) is 2. The van der Waals surface area contributed by atoms with Crippen molar-refractivity contribution in [1.82, 2.24) is 15.6 Å². The van der Waals surface area contributed by atoms with Gasteiger partial charge in [-0.15, -0.1) is 24.0 Å². The van der Waals surface area contributed by atoms with Crippen molar-refractivity contribution in [2.45, 2.75) is 27.3 Å². The van der Waals surface area contributed by atoms with E-state index in [0.717, 1.165) is 29.6 Å². The third-order valence-electron chi connectivity index (χ3n) is 3.57. The van der Waals surface area contributed by atoms with Gasteiger partial charge in [-0.05, 0) is 44.5 Å². The Morgan fingerprint density at radius 3 is 2.70 bits per heavy atom. The second-order valence-corrected chi connectivity index (χ2v) is 5.70. The van der Waals surface area contributed by atoms with Gasteiger partial charge in [-0.3, -0.25) is 4.98 Å². The van der Waals surface area contributed by atoms with E-state index >= 15 is 0 Å². The Bertz CT molecular complexity index is 696. The van der Waals surface area contributed by atoms with E-state index in [9.17, 15) is 0 Å². The lowest BCUT2D eigenvalue weighted by Crippen LogP contribution is -2.39. The van der Waals surface area contributed by atoms with Gasteiger partial charge in [0.05, 0.1) is 25.9 Å². The summed E-state index contributed by atoms with van der Waals surface area (Å²) in [6.07, 6.45) is 3.43. The van der Waals surface area contributed by atoms with Gasteiger partial charge in [0.25, 0.3) is 0 Å². The minimum atomic E-state index is 0. The van der Waals surface area contributed by atoms with E-state index in [0.29, 0.717) is 26.3 Å². The van der Waals surface area contributed by atoms with Gasteiger partial charge >= 0.3 is 0 Å². The average Bonchev–Trinajstić information content (AvgIpc) is 2.65. The lowest BCUT2D eigenvalue weighted by molar-refractivity contribution is 0.320. The van der Waals surface area contributed by atoms with Crippen LogP contribution >= 0.6 is 24.0 Å². The van der Waals surface area contributed by atoms with Gasteiger partial charge in [-0.1, -0.05) is 12.1 Å². The number of halogens is 1. The molecule has 2 N–H and O–H groups in total. The number of pyridine rings is 1. The largest absolute Gasteiger partial charge is 0.494 e. The first-order valence-electron chi connectivity index (χ1n) is 9.00.